The lowest BCUT2D eigenvalue weighted by molar-refractivity contribution is -0.139. The first-order valence-corrected chi connectivity index (χ1v) is 4.79. The maximum Gasteiger partial charge on any atom is 0.416 e. The topological polar surface area (TPSA) is 84.2 Å². The minimum atomic E-state index is -4.45. The van der Waals surface area contributed by atoms with Crippen LogP contribution in [-0.2, 0) is 22.3 Å². The van der Waals surface area contributed by atoms with Crippen molar-refractivity contribution in [3.8, 4) is 0 Å². The first-order chi connectivity index (χ1) is 8.34. The Morgan fingerprint density at radius 3 is 2.44 bits per heavy atom. The summed E-state index contributed by atoms with van der Waals surface area (Å²) in [6.45, 7) is -0.198. The molecule has 0 spiro atoms. The van der Waals surface area contributed by atoms with E-state index in [1.54, 1.807) is 5.43 Å². The van der Waals surface area contributed by atoms with E-state index in [1.165, 1.54) is 12.1 Å². The Kier molecular flexibility index (Phi) is 4.27. The smallest absolute Gasteiger partial charge is 0.344 e. The third-order valence-corrected chi connectivity index (χ3v) is 2.04. The predicted molar refractivity (Wildman–Crippen MR) is 55.6 cm³/mol. The summed E-state index contributed by atoms with van der Waals surface area (Å²) < 4.78 is 37.1. The Balaban J connectivity index is 2.69. The van der Waals surface area contributed by atoms with Crippen molar-refractivity contribution in [3.05, 3.63) is 35.4 Å². The van der Waals surface area contributed by atoms with Crippen LogP contribution in [0.25, 0.3) is 0 Å². The highest BCUT2D eigenvalue weighted by Crippen LogP contribution is 2.29. The number of benzene rings is 1. The standard InChI is InChI=1S/C10H10F3N3O2/c11-10(12,13)7-3-1-2-6(4-7)5-15-8(17)9(18)16-14/h1-4H,5,14H2,(H,15,17)(H,16,18). The fourth-order valence-electron chi connectivity index (χ4n) is 1.19. The molecular weight excluding hydrogens is 251 g/mol. The van der Waals surface area contributed by atoms with E-state index in [0.717, 1.165) is 12.1 Å². The summed E-state index contributed by atoms with van der Waals surface area (Å²) in [6.07, 6.45) is -4.45. The highest BCUT2D eigenvalue weighted by Gasteiger charge is 2.30. The van der Waals surface area contributed by atoms with E-state index in [-0.39, 0.29) is 12.1 Å². The molecule has 5 nitrogen and oxygen atoms in total. The number of hydrogen-bond acceptors (Lipinski definition) is 3. The van der Waals surface area contributed by atoms with Gasteiger partial charge in [-0.3, -0.25) is 15.0 Å². The Labute approximate surface area is 100 Å². The second-order valence-electron chi connectivity index (χ2n) is 3.35. The molecule has 0 atom stereocenters. The SMILES string of the molecule is NNC(=O)C(=O)NCc1cccc(C(F)(F)F)c1. The van der Waals surface area contributed by atoms with Crippen molar-refractivity contribution in [2.24, 2.45) is 5.84 Å². The Bertz CT molecular complexity index is 460. The van der Waals surface area contributed by atoms with E-state index in [0.29, 0.717) is 0 Å². The van der Waals surface area contributed by atoms with Crippen LogP contribution in [-0.4, -0.2) is 11.8 Å². The monoisotopic (exact) mass is 261 g/mol. The fourth-order valence-corrected chi connectivity index (χ4v) is 1.19. The number of hydrogen-bond donors (Lipinski definition) is 3. The van der Waals surface area contributed by atoms with Crippen molar-refractivity contribution in [1.82, 2.24) is 10.7 Å². The summed E-state index contributed by atoms with van der Waals surface area (Å²) in [6, 6.07) is 4.42. The van der Waals surface area contributed by atoms with Crippen LogP contribution in [0, 0.1) is 0 Å². The van der Waals surface area contributed by atoms with Gasteiger partial charge < -0.3 is 5.32 Å². The number of hydrazine groups is 1. The van der Waals surface area contributed by atoms with Gasteiger partial charge in [-0.1, -0.05) is 12.1 Å². The second kappa shape index (κ2) is 5.50. The molecule has 4 N–H and O–H groups in total. The second-order valence-corrected chi connectivity index (χ2v) is 3.35. The summed E-state index contributed by atoms with van der Waals surface area (Å²) in [5.41, 5.74) is 1.01. The molecule has 0 aliphatic carbocycles. The molecule has 0 saturated carbocycles. The van der Waals surface area contributed by atoms with Gasteiger partial charge in [0, 0.05) is 6.54 Å². The maximum atomic E-state index is 12.4. The van der Waals surface area contributed by atoms with Crippen molar-refractivity contribution < 1.29 is 22.8 Å². The first kappa shape index (κ1) is 14.0. The number of nitrogens with one attached hydrogen (secondary N) is 2. The molecule has 1 aromatic carbocycles. The van der Waals surface area contributed by atoms with Crippen LogP contribution in [0.5, 0.6) is 0 Å². The third kappa shape index (κ3) is 3.74. The van der Waals surface area contributed by atoms with Crippen LogP contribution in [0.15, 0.2) is 24.3 Å². The lowest BCUT2D eigenvalue weighted by Gasteiger charge is -2.09. The zero-order valence-corrected chi connectivity index (χ0v) is 9.04. The molecule has 1 aromatic rings. The van der Waals surface area contributed by atoms with E-state index in [4.69, 9.17) is 5.84 Å². The largest absolute Gasteiger partial charge is 0.416 e. The number of carbonyl (C=O) groups excluding carboxylic acids is 2. The summed E-state index contributed by atoms with van der Waals surface area (Å²) in [4.78, 5) is 21.7. The normalized spacial score (nSPS) is 10.9. The van der Waals surface area contributed by atoms with Gasteiger partial charge in [0.25, 0.3) is 0 Å². The molecule has 0 radical (unpaired) electrons. The van der Waals surface area contributed by atoms with Gasteiger partial charge in [0.1, 0.15) is 0 Å². The quantitative estimate of drug-likeness (QED) is 0.310. The van der Waals surface area contributed by atoms with Crippen molar-refractivity contribution >= 4 is 11.8 Å². The van der Waals surface area contributed by atoms with Gasteiger partial charge in [-0.05, 0) is 17.7 Å². The average Bonchev–Trinajstić information content (AvgIpc) is 2.34. The van der Waals surface area contributed by atoms with Crippen molar-refractivity contribution in [2.45, 2.75) is 12.7 Å². The lowest BCUT2D eigenvalue weighted by atomic mass is 10.1. The van der Waals surface area contributed by atoms with E-state index in [2.05, 4.69) is 5.32 Å². The molecule has 0 saturated heterocycles. The zero-order valence-electron chi connectivity index (χ0n) is 9.04. The van der Waals surface area contributed by atoms with Crippen LogP contribution >= 0.6 is 0 Å². The molecule has 0 aliphatic rings. The van der Waals surface area contributed by atoms with E-state index in [1.807, 2.05) is 0 Å². The summed E-state index contributed by atoms with van der Waals surface area (Å²) in [7, 11) is 0. The average molecular weight is 261 g/mol. The van der Waals surface area contributed by atoms with Crippen molar-refractivity contribution in [3.63, 3.8) is 0 Å². The molecule has 2 amide bonds. The van der Waals surface area contributed by atoms with Gasteiger partial charge in [-0.25, -0.2) is 5.84 Å². The van der Waals surface area contributed by atoms with Crippen LogP contribution in [0.3, 0.4) is 0 Å². The predicted octanol–water partition coefficient (Wildman–Crippen LogP) is 0.311. The van der Waals surface area contributed by atoms with Gasteiger partial charge in [0.05, 0.1) is 5.56 Å². The number of halogens is 3. The van der Waals surface area contributed by atoms with Gasteiger partial charge in [0.15, 0.2) is 0 Å². The van der Waals surface area contributed by atoms with Crippen LogP contribution in [0.4, 0.5) is 13.2 Å². The van der Waals surface area contributed by atoms with Gasteiger partial charge in [0.2, 0.25) is 0 Å². The summed E-state index contributed by atoms with van der Waals surface area (Å²) >= 11 is 0. The molecule has 0 aliphatic heterocycles. The van der Waals surface area contributed by atoms with Crippen LogP contribution in [0.2, 0.25) is 0 Å². The number of amides is 2. The summed E-state index contributed by atoms with van der Waals surface area (Å²) in [5.74, 6) is 2.63. The van der Waals surface area contributed by atoms with Gasteiger partial charge >= 0.3 is 18.0 Å². The molecule has 0 fully saturated rings. The molecule has 0 unspecified atom stereocenters. The molecule has 98 valence electrons. The number of alkyl halides is 3. The molecular formula is C10H10F3N3O2. The maximum absolute atomic E-state index is 12.4. The highest BCUT2D eigenvalue weighted by atomic mass is 19.4. The Hall–Kier alpha value is -2.09. The number of carbonyl (C=O) groups is 2. The molecule has 1 rings (SSSR count). The number of rotatable bonds is 2. The highest BCUT2D eigenvalue weighted by molar-refractivity contribution is 6.34. The number of nitrogens with two attached hydrogens (primary N) is 1. The van der Waals surface area contributed by atoms with Crippen LogP contribution in [0.1, 0.15) is 11.1 Å². The van der Waals surface area contributed by atoms with Gasteiger partial charge in [-0.2, -0.15) is 13.2 Å². The summed E-state index contributed by atoms with van der Waals surface area (Å²) in [5, 5.41) is 2.13. The lowest BCUT2D eigenvalue weighted by Crippen LogP contribution is -2.42. The fraction of sp³-hybridized carbons (Fsp3) is 0.200. The van der Waals surface area contributed by atoms with Crippen molar-refractivity contribution in [1.29, 1.82) is 0 Å². The molecule has 0 bridgehead atoms. The zero-order chi connectivity index (χ0) is 13.8. The van der Waals surface area contributed by atoms with E-state index >= 15 is 0 Å². The first-order valence-electron chi connectivity index (χ1n) is 4.79. The minimum absolute atomic E-state index is 0.198. The van der Waals surface area contributed by atoms with E-state index in [9.17, 15) is 22.8 Å². The van der Waals surface area contributed by atoms with Gasteiger partial charge in [-0.15, -0.1) is 0 Å². The minimum Gasteiger partial charge on any atom is -0.344 e. The Morgan fingerprint density at radius 1 is 1.22 bits per heavy atom. The molecule has 0 aromatic heterocycles. The van der Waals surface area contributed by atoms with E-state index < -0.39 is 23.6 Å². The molecule has 0 heterocycles. The Morgan fingerprint density at radius 2 is 1.89 bits per heavy atom. The molecule has 8 heteroatoms. The molecule has 18 heavy (non-hydrogen) atoms. The van der Waals surface area contributed by atoms with Crippen molar-refractivity contribution in [2.75, 3.05) is 0 Å². The third-order valence-electron chi connectivity index (χ3n) is 2.04. The van der Waals surface area contributed by atoms with Crippen LogP contribution < -0.4 is 16.6 Å².